The van der Waals surface area contributed by atoms with Gasteiger partial charge in [0.1, 0.15) is 4.21 Å². The van der Waals surface area contributed by atoms with E-state index in [1.54, 1.807) is 13.1 Å². The molecular formula is C12H20N2O4S3. The average Bonchev–Trinajstić information content (AvgIpc) is 2.70. The molecule has 6 nitrogen and oxygen atoms in total. The monoisotopic (exact) mass is 352 g/mol. The maximum atomic E-state index is 12.4. The number of rotatable bonds is 5. The smallest absolute Gasteiger partial charge is 0.250 e. The van der Waals surface area contributed by atoms with Crippen molar-refractivity contribution >= 4 is 31.2 Å². The first kappa shape index (κ1) is 16.9. The topological polar surface area (TPSA) is 92.3 Å². The lowest BCUT2D eigenvalue weighted by Crippen LogP contribution is -2.42. The third-order valence-corrected chi connectivity index (χ3v) is 8.44. The second kappa shape index (κ2) is 6.33. The highest BCUT2D eigenvalue weighted by molar-refractivity contribution is 7.92. The fraction of sp³-hybridized carbons (Fsp3) is 0.667. The molecule has 1 aromatic heterocycles. The number of sulfonamides is 1. The van der Waals surface area contributed by atoms with Crippen LogP contribution in [0.1, 0.15) is 23.3 Å². The van der Waals surface area contributed by atoms with Gasteiger partial charge in [0.2, 0.25) is 10.0 Å². The van der Waals surface area contributed by atoms with Crippen molar-refractivity contribution < 1.29 is 16.8 Å². The summed E-state index contributed by atoms with van der Waals surface area (Å²) in [6.45, 7) is 2.48. The predicted octanol–water partition coefficient (Wildman–Crippen LogP) is 0.631. The number of aryl methyl sites for hydroxylation is 1. The molecule has 0 bridgehead atoms. The summed E-state index contributed by atoms with van der Waals surface area (Å²) in [6.07, 6.45) is 1.07. The van der Waals surface area contributed by atoms with E-state index >= 15 is 0 Å². The second-order valence-corrected chi connectivity index (χ2v) is 10.6. The Balaban J connectivity index is 2.16. The van der Waals surface area contributed by atoms with E-state index in [2.05, 4.69) is 10.0 Å². The Morgan fingerprint density at radius 2 is 2.14 bits per heavy atom. The molecule has 2 heterocycles. The zero-order chi connectivity index (χ0) is 15.7. The van der Waals surface area contributed by atoms with Crippen LogP contribution in [0.2, 0.25) is 0 Å². The number of thiophene rings is 1. The van der Waals surface area contributed by atoms with Crippen LogP contribution in [0.4, 0.5) is 0 Å². The summed E-state index contributed by atoms with van der Waals surface area (Å²) in [5.74, 6) is 0.0373. The molecule has 1 aliphatic rings. The highest BCUT2D eigenvalue weighted by Gasteiger charge is 2.29. The first-order valence-corrected chi connectivity index (χ1v) is 10.8. The molecule has 0 amide bonds. The van der Waals surface area contributed by atoms with E-state index in [-0.39, 0.29) is 15.7 Å². The van der Waals surface area contributed by atoms with Gasteiger partial charge in [0.15, 0.2) is 9.84 Å². The maximum Gasteiger partial charge on any atom is 0.250 e. The predicted molar refractivity (Wildman–Crippen MR) is 83.8 cm³/mol. The minimum Gasteiger partial charge on any atom is -0.315 e. The summed E-state index contributed by atoms with van der Waals surface area (Å²) < 4.78 is 50.7. The lowest BCUT2D eigenvalue weighted by atomic mass is 10.2. The molecule has 0 saturated carbocycles. The minimum atomic E-state index is -3.65. The van der Waals surface area contributed by atoms with E-state index in [0.29, 0.717) is 19.4 Å². The second-order valence-electron chi connectivity index (χ2n) is 5.28. The number of nitrogens with one attached hydrogen (secondary N) is 2. The summed E-state index contributed by atoms with van der Waals surface area (Å²) in [7, 11) is -4.98. The Kier molecular flexibility index (Phi) is 5.09. The van der Waals surface area contributed by atoms with Gasteiger partial charge in [-0.1, -0.05) is 0 Å². The summed E-state index contributed by atoms with van der Waals surface area (Å²) in [5, 5.41) is 3.00. The van der Waals surface area contributed by atoms with Crippen LogP contribution < -0.4 is 10.0 Å². The minimum absolute atomic E-state index is 0.111. The van der Waals surface area contributed by atoms with Crippen LogP contribution in [0.25, 0.3) is 0 Å². The Hall–Kier alpha value is -0.480. The lowest BCUT2D eigenvalue weighted by Gasteiger charge is -2.22. The van der Waals surface area contributed by atoms with Crippen LogP contribution in [-0.4, -0.2) is 41.4 Å². The molecule has 1 atom stereocenters. The third-order valence-electron chi connectivity index (χ3n) is 3.39. The van der Waals surface area contributed by atoms with E-state index in [1.807, 2.05) is 6.92 Å². The lowest BCUT2D eigenvalue weighted by molar-refractivity contribution is 0.518. The van der Waals surface area contributed by atoms with Crippen molar-refractivity contribution in [2.75, 3.05) is 18.6 Å². The van der Waals surface area contributed by atoms with Crippen LogP contribution in [0.15, 0.2) is 10.3 Å². The van der Waals surface area contributed by atoms with Gasteiger partial charge in [-0.2, -0.15) is 0 Å². The molecule has 1 fully saturated rings. The largest absolute Gasteiger partial charge is 0.315 e. The van der Waals surface area contributed by atoms with Crippen molar-refractivity contribution in [3.05, 3.63) is 16.5 Å². The first-order valence-electron chi connectivity index (χ1n) is 6.70. The summed E-state index contributed by atoms with van der Waals surface area (Å²) in [5.41, 5.74) is 0.922. The van der Waals surface area contributed by atoms with Gasteiger partial charge >= 0.3 is 0 Å². The highest BCUT2D eigenvalue weighted by Crippen LogP contribution is 2.26. The molecule has 0 radical (unpaired) electrons. The van der Waals surface area contributed by atoms with E-state index in [9.17, 15) is 16.8 Å². The van der Waals surface area contributed by atoms with Crippen LogP contribution >= 0.6 is 11.3 Å². The van der Waals surface area contributed by atoms with Gasteiger partial charge in [-0.25, -0.2) is 21.6 Å². The molecule has 21 heavy (non-hydrogen) atoms. The molecule has 1 saturated heterocycles. The molecule has 1 unspecified atom stereocenters. The maximum absolute atomic E-state index is 12.4. The number of sulfone groups is 1. The zero-order valence-electron chi connectivity index (χ0n) is 12.0. The Morgan fingerprint density at radius 3 is 2.76 bits per heavy atom. The first-order chi connectivity index (χ1) is 9.73. The zero-order valence-corrected chi connectivity index (χ0v) is 14.5. The summed E-state index contributed by atoms with van der Waals surface area (Å²) in [6, 6.07) is 1.11. The van der Waals surface area contributed by atoms with Gasteiger partial charge in [-0.3, -0.25) is 0 Å². The van der Waals surface area contributed by atoms with E-state index < -0.39 is 25.9 Å². The van der Waals surface area contributed by atoms with Crippen molar-refractivity contribution in [3.63, 3.8) is 0 Å². The van der Waals surface area contributed by atoms with Gasteiger partial charge in [-0.15, -0.1) is 11.3 Å². The molecule has 9 heteroatoms. The normalized spacial score (nSPS) is 22.3. The van der Waals surface area contributed by atoms with Crippen molar-refractivity contribution in [2.45, 2.75) is 36.6 Å². The molecule has 0 aromatic carbocycles. The van der Waals surface area contributed by atoms with Crippen molar-refractivity contribution in [1.82, 2.24) is 10.0 Å². The van der Waals surface area contributed by atoms with Crippen molar-refractivity contribution in [1.29, 1.82) is 0 Å². The number of hydrogen-bond donors (Lipinski definition) is 2. The van der Waals surface area contributed by atoms with Crippen molar-refractivity contribution in [2.24, 2.45) is 0 Å². The highest BCUT2D eigenvalue weighted by atomic mass is 32.2. The van der Waals surface area contributed by atoms with Crippen molar-refractivity contribution in [3.8, 4) is 0 Å². The quantitative estimate of drug-likeness (QED) is 0.811. The summed E-state index contributed by atoms with van der Waals surface area (Å²) in [4.78, 5) is 0.967. The fourth-order valence-electron chi connectivity index (χ4n) is 2.35. The Bertz CT molecular complexity index is 707. The van der Waals surface area contributed by atoms with Gasteiger partial charge in [-0.05, 0) is 38.4 Å². The van der Waals surface area contributed by atoms with Gasteiger partial charge in [0.05, 0.1) is 11.5 Å². The van der Waals surface area contributed by atoms with E-state index in [4.69, 9.17) is 0 Å². The van der Waals surface area contributed by atoms with Crippen LogP contribution in [0.5, 0.6) is 0 Å². The standard InChI is InChI=1S/C12H20N2O4S3/c1-9-6-12(19-11(9)7-13-2)21(17,18)14-10-4-3-5-20(15,16)8-10/h6,10,13-14H,3-5,7-8H2,1-2H3. The molecule has 1 aliphatic heterocycles. The molecule has 0 spiro atoms. The van der Waals surface area contributed by atoms with Crippen LogP contribution in [0, 0.1) is 6.92 Å². The van der Waals surface area contributed by atoms with Crippen LogP contribution in [-0.2, 0) is 26.4 Å². The molecule has 120 valence electrons. The molecule has 2 rings (SSSR count). The third kappa shape index (κ3) is 4.26. The van der Waals surface area contributed by atoms with E-state index in [0.717, 1.165) is 10.4 Å². The van der Waals surface area contributed by atoms with E-state index in [1.165, 1.54) is 11.3 Å². The average molecular weight is 353 g/mol. The SMILES string of the molecule is CNCc1sc(S(=O)(=O)NC2CCCS(=O)(=O)C2)cc1C. The molecule has 1 aromatic rings. The molecule has 2 N–H and O–H groups in total. The fourth-order valence-corrected chi connectivity index (χ4v) is 6.98. The van der Waals surface area contributed by atoms with Gasteiger partial charge in [0.25, 0.3) is 0 Å². The molecular weight excluding hydrogens is 332 g/mol. The Morgan fingerprint density at radius 1 is 1.43 bits per heavy atom. The summed E-state index contributed by atoms with van der Waals surface area (Å²) >= 11 is 1.22. The van der Waals surface area contributed by atoms with Crippen LogP contribution in [0.3, 0.4) is 0 Å². The van der Waals surface area contributed by atoms with Gasteiger partial charge < -0.3 is 5.32 Å². The van der Waals surface area contributed by atoms with Gasteiger partial charge in [0, 0.05) is 17.5 Å². The number of hydrogen-bond acceptors (Lipinski definition) is 6. The molecule has 0 aliphatic carbocycles. The Labute approximate surface area is 129 Å².